The van der Waals surface area contributed by atoms with Gasteiger partial charge in [-0.05, 0) is 60.6 Å². The highest BCUT2D eigenvalue weighted by atomic mass is 16.5. The first kappa shape index (κ1) is 28.9. The van der Waals surface area contributed by atoms with Crippen LogP contribution in [0.3, 0.4) is 0 Å². The van der Waals surface area contributed by atoms with Crippen LogP contribution in [0.2, 0.25) is 0 Å². The van der Waals surface area contributed by atoms with Gasteiger partial charge in [0.05, 0.1) is 7.11 Å². The molecule has 0 aliphatic heterocycles. The Labute approximate surface area is 224 Å². The molecule has 0 heterocycles. The van der Waals surface area contributed by atoms with E-state index in [1.807, 2.05) is 45.9 Å². The number of carbonyl (C=O) groups is 4. The van der Waals surface area contributed by atoms with Crippen LogP contribution in [-0.4, -0.2) is 42.7 Å². The summed E-state index contributed by atoms with van der Waals surface area (Å²) in [5.41, 5.74) is 2.06. The third-order valence-corrected chi connectivity index (χ3v) is 6.60. The van der Waals surface area contributed by atoms with E-state index in [0.29, 0.717) is 29.8 Å². The van der Waals surface area contributed by atoms with Crippen LogP contribution in [0.5, 0.6) is 5.75 Å². The van der Waals surface area contributed by atoms with Gasteiger partial charge in [0.2, 0.25) is 17.7 Å². The van der Waals surface area contributed by atoms with Crippen LogP contribution in [-0.2, 0) is 14.4 Å². The number of carbonyl (C=O) groups excluding carboxylic acids is 4. The number of amides is 3. The molecule has 0 saturated heterocycles. The zero-order valence-corrected chi connectivity index (χ0v) is 22.9. The molecule has 8 nitrogen and oxygen atoms in total. The maximum absolute atomic E-state index is 13.4. The molecule has 3 N–H and O–H groups in total. The second-order valence-corrected chi connectivity index (χ2v) is 10.8. The molecule has 2 aromatic carbocycles. The average Bonchev–Trinajstić information content (AvgIpc) is 3.17. The van der Waals surface area contributed by atoms with E-state index in [1.165, 1.54) is 0 Å². The SMILES string of the molecule is COc1ccc2c(c1)C(CC(=O)N[C@@H](CC(C)C)C(=O)N[C@H](CC(C)C)C(=O)Nc1ccccc1)CC2=O. The molecule has 1 aliphatic carbocycles. The number of benzene rings is 2. The lowest BCUT2D eigenvalue weighted by Gasteiger charge is -2.25. The fourth-order valence-electron chi connectivity index (χ4n) is 4.79. The summed E-state index contributed by atoms with van der Waals surface area (Å²) < 4.78 is 5.29. The van der Waals surface area contributed by atoms with Gasteiger partial charge >= 0.3 is 0 Å². The zero-order valence-electron chi connectivity index (χ0n) is 22.9. The largest absolute Gasteiger partial charge is 0.497 e. The van der Waals surface area contributed by atoms with Crippen molar-refractivity contribution in [3.63, 3.8) is 0 Å². The van der Waals surface area contributed by atoms with E-state index >= 15 is 0 Å². The predicted molar refractivity (Wildman–Crippen MR) is 147 cm³/mol. The van der Waals surface area contributed by atoms with Gasteiger partial charge < -0.3 is 20.7 Å². The van der Waals surface area contributed by atoms with Crippen molar-refractivity contribution in [1.82, 2.24) is 10.6 Å². The normalized spacial score (nSPS) is 16.1. The Morgan fingerprint density at radius 3 is 2.13 bits per heavy atom. The lowest BCUT2D eigenvalue weighted by atomic mass is 9.96. The Balaban J connectivity index is 1.69. The first-order chi connectivity index (χ1) is 18.1. The Morgan fingerprint density at radius 2 is 1.53 bits per heavy atom. The summed E-state index contributed by atoms with van der Waals surface area (Å²) in [7, 11) is 1.56. The maximum atomic E-state index is 13.4. The lowest BCUT2D eigenvalue weighted by Crippen LogP contribution is -2.53. The van der Waals surface area contributed by atoms with Crippen molar-refractivity contribution < 1.29 is 23.9 Å². The lowest BCUT2D eigenvalue weighted by molar-refractivity contribution is -0.131. The van der Waals surface area contributed by atoms with Gasteiger partial charge in [-0.25, -0.2) is 0 Å². The molecule has 3 amide bonds. The van der Waals surface area contributed by atoms with E-state index in [9.17, 15) is 19.2 Å². The molecule has 8 heteroatoms. The number of fused-ring (bicyclic) bond motifs is 1. The van der Waals surface area contributed by atoms with E-state index in [4.69, 9.17) is 4.74 Å². The number of methoxy groups -OCH3 is 1. The Bertz CT molecular complexity index is 1150. The minimum absolute atomic E-state index is 0.00196. The van der Waals surface area contributed by atoms with Gasteiger partial charge in [0, 0.05) is 30.0 Å². The van der Waals surface area contributed by atoms with Crippen molar-refractivity contribution in [1.29, 1.82) is 0 Å². The third kappa shape index (κ3) is 7.91. The summed E-state index contributed by atoms with van der Waals surface area (Å²) in [5.74, 6) is -0.367. The summed E-state index contributed by atoms with van der Waals surface area (Å²) in [6.45, 7) is 7.91. The van der Waals surface area contributed by atoms with Crippen molar-refractivity contribution in [2.75, 3.05) is 12.4 Å². The topological polar surface area (TPSA) is 114 Å². The van der Waals surface area contributed by atoms with Crippen LogP contribution < -0.4 is 20.7 Å². The van der Waals surface area contributed by atoms with Crippen LogP contribution in [0.15, 0.2) is 48.5 Å². The van der Waals surface area contributed by atoms with E-state index < -0.39 is 18.0 Å². The Morgan fingerprint density at radius 1 is 0.895 bits per heavy atom. The van der Waals surface area contributed by atoms with E-state index in [-0.39, 0.29) is 48.2 Å². The van der Waals surface area contributed by atoms with Crippen molar-refractivity contribution in [2.45, 2.75) is 71.4 Å². The van der Waals surface area contributed by atoms with E-state index in [1.54, 1.807) is 37.4 Å². The summed E-state index contributed by atoms with van der Waals surface area (Å²) in [6.07, 6.45) is 1.20. The molecule has 1 aliphatic rings. The van der Waals surface area contributed by atoms with Crippen LogP contribution in [0.25, 0.3) is 0 Å². The second kappa shape index (κ2) is 13.2. The minimum atomic E-state index is -0.802. The minimum Gasteiger partial charge on any atom is -0.497 e. The number of ether oxygens (including phenoxy) is 1. The standard InChI is InChI=1S/C30H39N3O5/c1-18(2)13-25(30(37)33-26(14-19(3)4)29(36)31-21-9-7-6-8-10-21)32-28(35)16-20-15-27(34)23-12-11-22(38-5)17-24(20)23/h6-12,17-20,25-26H,13-16H2,1-5H3,(H,31,36)(H,32,35)(H,33,37)/t20?,25-,26+/m0/s1. The van der Waals surface area contributed by atoms with Gasteiger partial charge in [0.1, 0.15) is 17.8 Å². The second-order valence-electron chi connectivity index (χ2n) is 10.8. The van der Waals surface area contributed by atoms with Crippen molar-refractivity contribution >= 4 is 29.2 Å². The Kier molecular flexibility index (Phi) is 10.0. The highest BCUT2D eigenvalue weighted by Crippen LogP contribution is 2.37. The number of anilines is 1. The van der Waals surface area contributed by atoms with Crippen molar-refractivity contribution in [3.8, 4) is 5.75 Å². The van der Waals surface area contributed by atoms with Gasteiger partial charge in [-0.2, -0.15) is 0 Å². The number of ketones is 1. The number of para-hydroxylation sites is 1. The maximum Gasteiger partial charge on any atom is 0.246 e. The number of hydrogen-bond donors (Lipinski definition) is 3. The fraction of sp³-hybridized carbons (Fsp3) is 0.467. The molecule has 204 valence electrons. The summed E-state index contributed by atoms with van der Waals surface area (Å²) in [4.78, 5) is 51.9. The van der Waals surface area contributed by atoms with Crippen LogP contribution >= 0.6 is 0 Å². The predicted octanol–water partition coefficient (Wildman–Crippen LogP) is 4.46. The molecule has 3 atom stereocenters. The van der Waals surface area contributed by atoms with E-state index in [2.05, 4.69) is 16.0 Å². The summed E-state index contributed by atoms with van der Waals surface area (Å²) in [6, 6.07) is 12.8. The summed E-state index contributed by atoms with van der Waals surface area (Å²) in [5, 5.41) is 8.61. The summed E-state index contributed by atoms with van der Waals surface area (Å²) >= 11 is 0. The molecule has 3 rings (SSSR count). The van der Waals surface area contributed by atoms with Crippen LogP contribution in [0.1, 0.15) is 75.2 Å². The number of nitrogens with one attached hydrogen (secondary N) is 3. The van der Waals surface area contributed by atoms with Gasteiger partial charge in [0.25, 0.3) is 0 Å². The van der Waals surface area contributed by atoms with Crippen molar-refractivity contribution in [2.24, 2.45) is 11.8 Å². The molecule has 2 aromatic rings. The number of rotatable bonds is 12. The average molecular weight is 522 g/mol. The van der Waals surface area contributed by atoms with Crippen molar-refractivity contribution in [3.05, 3.63) is 59.7 Å². The Hall–Kier alpha value is -3.68. The monoisotopic (exact) mass is 521 g/mol. The molecular formula is C30H39N3O5. The molecule has 0 bridgehead atoms. The molecule has 0 fully saturated rings. The van der Waals surface area contributed by atoms with Gasteiger partial charge in [-0.3, -0.25) is 19.2 Å². The third-order valence-electron chi connectivity index (χ3n) is 6.60. The van der Waals surface area contributed by atoms with Gasteiger partial charge in [-0.15, -0.1) is 0 Å². The molecule has 0 aromatic heterocycles. The molecular weight excluding hydrogens is 482 g/mol. The van der Waals surface area contributed by atoms with Gasteiger partial charge in [-0.1, -0.05) is 45.9 Å². The first-order valence-corrected chi connectivity index (χ1v) is 13.2. The highest BCUT2D eigenvalue weighted by Gasteiger charge is 2.33. The highest BCUT2D eigenvalue weighted by molar-refractivity contribution is 6.02. The zero-order chi connectivity index (χ0) is 27.8. The van der Waals surface area contributed by atoms with Crippen LogP contribution in [0, 0.1) is 11.8 Å². The first-order valence-electron chi connectivity index (χ1n) is 13.2. The smallest absolute Gasteiger partial charge is 0.246 e. The molecule has 38 heavy (non-hydrogen) atoms. The molecule has 1 unspecified atom stereocenters. The fourth-order valence-corrected chi connectivity index (χ4v) is 4.79. The van der Waals surface area contributed by atoms with E-state index in [0.717, 1.165) is 5.56 Å². The number of Topliss-reactive ketones (excluding diaryl/α,β-unsaturated/α-hetero) is 1. The van der Waals surface area contributed by atoms with Crippen LogP contribution in [0.4, 0.5) is 5.69 Å². The quantitative estimate of drug-likeness (QED) is 0.382. The molecule has 0 saturated carbocycles. The molecule has 0 spiro atoms. The van der Waals surface area contributed by atoms with Gasteiger partial charge in [0.15, 0.2) is 5.78 Å². The molecule has 0 radical (unpaired) electrons. The number of hydrogen-bond acceptors (Lipinski definition) is 5.